The lowest BCUT2D eigenvalue weighted by atomic mass is 9.73. The maximum absolute atomic E-state index is 11.8. The van der Waals surface area contributed by atoms with Crippen LogP contribution in [0.1, 0.15) is 31.1 Å². The Kier molecular flexibility index (Phi) is 3.60. The van der Waals surface area contributed by atoms with Crippen LogP contribution in [0.5, 0.6) is 0 Å². The molecule has 3 rings (SSSR count). The molecule has 4 heteroatoms. The predicted octanol–water partition coefficient (Wildman–Crippen LogP) is 2.81. The van der Waals surface area contributed by atoms with E-state index in [4.69, 9.17) is 9.31 Å². The van der Waals surface area contributed by atoms with Crippen LogP contribution in [0.2, 0.25) is 0 Å². The van der Waals surface area contributed by atoms with E-state index < -0.39 is 0 Å². The Labute approximate surface area is 125 Å². The number of ketones is 1. The van der Waals surface area contributed by atoms with Gasteiger partial charge in [0.05, 0.1) is 0 Å². The molecule has 0 aromatic heterocycles. The average Bonchev–Trinajstić information content (AvgIpc) is 2.46. The number of hydrogen-bond donors (Lipinski definition) is 0. The number of fused-ring (bicyclic) bond motifs is 1. The Balaban J connectivity index is 2.04. The van der Waals surface area contributed by atoms with E-state index >= 15 is 0 Å². The Morgan fingerprint density at radius 3 is 2.33 bits per heavy atom. The Hall–Kier alpha value is -1.65. The number of carbonyl (C=O) groups is 1. The first-order chi connectivity index (χ1) is 9.98. The standard InChI is InChI=1S/C17H19BO3/c1-12(19)13-6-4-8-15-14(13)7-5-9-16(15)18-20-10-17(2,3)11-21-18/h4-9H,10-11H2,1-3H3. The zero-order chi connectivity index (χ0) is 15.0. The smallest absolute Gasteiger partial charge is 0.407 e. The maximum Gasteiger partial charge on any atom is 0.494 e. The van der Waals surface area contributed by atoms with Crippen LogP contribution in [0.15, 0.2) is 36.4 Å². The summed E-state index contributed by atoms with van der Waals surface area (Å²) in [5.74, 6) is 0.0735. The highest BCUT2D eigenvalue weighted by molar-refractivity contribution is 6.64. The van der Waals surface area contributed by atoms with Gasteiger partial charge in [-0.25, -0.2) is 0 Å². The van der Waals surface area contributed by atoms with Crippen molar-refractivity contribution in [2.75, 3.05) is 13.2 Å². The number of carbonyl (C=O) groups excluding carboxylic acids is 1. The van der Waals surface area contributed by atoms with Crippen LogP contribution in [0.4, 0.5) is 0 Å². The first-order valence-electron chi connectivity index (χ1n) is 7.24. The lowest BCUT2D eigenvalue weighted by Gasteiger charge is -2.33. The van der Waals surface area contributed by atoms with Crippen molar-refractivity contribution in [3.8, 4) is 0 Å². The summed E-state index contributed by atoms with van der Waals surface area (Å²) in [5, 5.41) is 1.98. The third kappa shape index (κ3) is 2.74. The summed E-state index contributed by atoms with van der Waals surface area (Å²) in [6.07, 6.45) is 0. The van der Waals surface area contributed by atoms with E-state index in [0.29, 0.717) is 13.2 Å². The molecule has 0 N–H and O–H groups in total. The normalized spacial score (nSPS) is 18.0. The summed E-state index contributed by atoms with van der Waals surface area (Å²) in [7, 11) is -0.357. The molecular weight excluding hydrogens is 263 g/mol. The first kappa shape index (κ1) is 14.3. The fraction of sp³-hybridized carbons (Fsp3) is 0.353. The molecule has 1 fully saturated rings. The van der Waals surface area contributed by atoms with E-state index in [1.807, 2.05) is 36.4 Å². The topological polar surface area (TPSA) is 35.5 Å². The second-order valence-corrected chi connectivity index (χ2v) is 6.42. The van der Waals surface area contributed by atoms with Crippen LogP contribution in [0.25, 0.3) is 10.8 Å². The van der Waals surface area contributed by atoms with Gasteiger partial charge in [0.1, 0.15) is 0 Å². The minimum Gasteiger partial charge on any atom is -0.407 e. The fourth-order valence-electron chi connectivity index (χ4n) is 2.72. The lowest BCUT2D eigenvalue weighted by Crippen LogP contribution is -2.47. The number of hydrogen-bond acceptors (Lipinski definition) is 3. The van der Waals surface area contributed by atoms with E-state index in [2.05, 4.69) is 13.8 Å². The van der Waals surface area contributed by atoms with Gasteiger partial charge in [-0.05, 0) is 23.2 Å². The van der Waals surface area contributed by atoms with Gasteiger partial charge < -0.3 is 9.31 Å². The predicted molar refractivity (Wildman–Crippen MR) is 85.0 cm³/mol. The Morgan fingerprint density at radius 2 is 1.67 bits per heavy atom. The largest absolute Gasteiger partial charge is 0.494 e. The summed E-state index contributed by atoms with van der Waals surface area (Å²) in [6, 6.07) is 11.7. The second kappa shape index (κ2) is 5.28. The van der Waals surface area contributed by atoms with E-state index in [0.717, 1.165) is 21.8 Å². The van der Waals surface area contributed by atoms with Gasteiger partial charge in [0.15, 0.2) is 5.78 Å². The minimum atomic E-state index is -0.357. The van der Waals surface area contributed by atoms with Gasteiger partial charge in [-0.1, -0.05) is 50.2 Å². The van der Waals surface area contributed by atoms with Gasteiger partial charge in [0.2, 0.25) is 0 Å². The fourth-order valence-corrected chi connectivity index (χ4v) is 2.72. The summed E-state index contributed by atoms with van der Waals surface area (Å²) >= 11 is 0. The molecule has 0 amide bonds. The van der Waals surface area contributed by atoms with Gasteiger partial charge in [-0.2, -0.15) is 0 Å². The number of benzene rings is 2. The molecule has 108 valence electrons. The van der Waals surface area contributed by atoms with Crippen LogP contribution in [-0.2, 0) is 9.31 Å². The monoisotopic (exact) mass is 282 g/mol. The molecule has 2 aromatic rings. The molecule has 0 radical (unpaired) electrons. The van der Waals surface area contributed by atoms with Crippen LogP contribution in [0, 0.1) is 5.41 Å². The Morgan fingerprint density at radius 1 is 1.05 bits per heavy atom. The minimum absolute atomic E-state index is 0.0473. The molecule has 2 aromatic carbocycles. The summed E-state index contributed by atoms with van der Waals surface area (Å²) in [6.45, 7) is 7.18. The summed E-state index contributed by atoms with van der Waals surface area (Å²) < 4.78 is 11.8. The van der Waals surface area contributed by atoms with Crippen LogP contribution in [-0.4, -0.2) is 26.1 Å². The van der Waals surface area contributed by atoms with Crippen molar-refractivity contribution in [2.45, 2.75) is 20.8 Å². The van der Waals surface area contributed by atoms with Gasteiger partial charge >= 0.3 is 7.12 Å². The van der Waals surface area contributed by atoms with Crippen LogP contribution in [0.3, 0.4) is 0 Å². The molecule has 1 aliphatic heterocycles. The van der Waals surface area contributed by atoms with Crippen LogP contribution >= 0.6 is 0 Å². The zero-order valence-electron chi connectivity index (χ0n) is 12.7. The van der Waals surface area contributed by atoms with Crippen molar-refractivity contribution in [3.05, 3.63) is 42.0 Å². The molecule has 0 bridgehead atoms. The van der Waals surface area contributed by atoms with Crippen LogP contribution < -0.4 is 5.46 Å². The van der Waals surface area contributed by atoms with Crippen molar-refractivity contribution < 1.29 is 14.1 Å². The number of rotatable bonds is 2. The molecular formula is C17H19BO3. The van der Waals surface area contributed by atoms with E-state index in [9.17, 15) is 4.79 Å². The van der Waals surface area contributed by atoms with Gasteiger partial charge in [-0.15, -0.1) is 0 Å². The quantitative estimate of drug-likeness (QED) is 0.627. The second-order valence-electron chi connectivity index (χ2n) is 6.42. The van der Waals surface area contributed by atoms with Crippen molar-refractivity contribution in [3.63, 3.8) is 0 Å². The molecule has 0 spiro atoms. The highest BCUT2D eigenvalue weighted by Crippen LogP contribution is 2.24. The molecule has 1 heterocycles. The highest BCUT2D eigenvalue weighted by Gasteiger charge is 2.34. The third-order valence-electron chi connectivity index (χ3n) is 3.84. The maximum atomic E-state index is 11.8. The van der Waals surface area contributed by atoms with Gasteiger partial charge in [0, 0.05) is 24.2 Å². The highest BCUT2D eigenvalue weighted by atomic mass is 16.6. The molecule has 0 aliphatic carbocycles. The Bertz CT molecular complexity index is 683. The van der Waals surface area contributed by atoms with Crippen molar-refractivity contribution in [2.24, 2.45) is 5.41 Å². The van der Waals surface area contributed by atoms with E-state index in [1.54, 1.807) is 6.92 Å². The van der Waals surface area contributed by atoms with Crippen molar-refractivity contribution in [1.29, 1.82) is 0 Å². The summed E-state index contributed by atoms with van der Waals surface area (Å²) in [5.41, 5.74) is 1.78. The van der Waals surface area contributed by atoms with E-state index in [1.165, 1.54) is 0 Å². The van der Waals surface area contributed by atoms with Gasteiger partial charge in [0.25, 0.3) is 0 Å². The van der Waals surface area contributed by atoms with Crippen molar-refractivity contribution >= 4 is 29.1 Å². The molecule has 0 unspecified atom stereocenters. The zero-order valence-corrected chi connectivity index (χ0v) is 12.7. The first-order valence-corrected chi connectivity index (χ1v) is 7.24. The molecule has 0 atom stereocenters. The third-order valence-corrected chi connectivity index (χ3v) is 3.84. The average molecular weight is 282 g/mol. The molecule has 1 aliphatic rings. The number of Topliss-reactive ketones (excluding diaryl/α,β-unsaturated/α-hetero) is 1. The molecule has 0 saturated carbocycles. The molecule has 1 saturated heterocycles. The van der Waals surface area contributed by atoms with E-state index in [-0.39, 0.29) is 18.3 Å². The van der Waals surface area contributed by atoms with Crippen molar-refractivity contribution in [1.82, 2.24) is 0 Å². The SMILES string of the molecule is CC(=O)c1cccc2c(B3OCC(C)(C)CO3)cccc12. The summed E-state index contributed by atoms with van der Waals surface area (Å²) in [4.78, 5) is 11.8. The lowest BCUT2D eigenvalue weighted by molar-refractivity contribution is 0.0344. The van der Waals surface area contributed by atoms with Gasteiger partial charge in [-0.3, -0.25) is 4.79 Å². The molecule has 21 heavy (non-hydrogen) atoms. The molecule has 3 nitrogen and oxygen atoms in total.